The van der Waals surface area contributed by atoms with Crippen molar-refractivity contribution < 1.29 is 4.79 Å². The van der Waals surface area contributed by atoms with Gasteiger partial charge in [0.05, 0.1) is 5.01 Å². The van der Waals surface area contributed by atoms with Gasteiger partial charge in [0.15, 0.2) is 0 Å². The van der Waals surface area contributed by atoms with Gasteiger partial charge in [-0.1, -0.05) is 13.8 Å². The van der Waals surface area contributed by atoms with E-state index in [2.05, 4.69) is 18.8 Å². The second kappa shape index (κ2) is 5.85. The minimum atomic E-state index is 0.0723. The average Bonchev–Trinajstić information content (AvgIpc) is 2.63. The van der Waals surface area contributed by atoms with Crippen LogP contribution in [0.3, 0.4) is 0 Å². The number of carbonyl (C=O) groups is 1. The van der Waals surface area contributed by atoms with Crippen molar-refractivity contribution in [3.05, 3.63) is 16.1 Å². The summed E-state index contributed by atoms with van der Waals surface area (Å²) in [5.41, 5.74) is 0.597. The van der Waals surface area contributed by atoms with Gasteiger partial charge in [-0.05, 0) is 19.8 Å². The highest BCUT2D eigenvalue weighted by Crippen LogP contribution is 2.11. The molecule has 0 saturated carbocycles. The van der Waals surface area contributed by atoms with Crippen LogP contribution in [0, 0.1) is 6.92 Å². The van der Waals surface area contributed by atoms with Crippen LogP contribution in [0.1, 0.15) is 42.2 Å². The Kier molecular flexibility index (Phi) is 4.75. The molecule has 0 aliphatic rings. The molecule has 0 saturated heterocycles. The van der Waals surface area contributed by atoms with Crippen LogP contribution in [0.2, 0.25) is 0 Å². The summed E-state index contributed by atoms with van der Waals surface area (Å²) in [6.45, 7) is 7.74. The fourth-order valence-electron chi connectivity index (χ4n) is 1.48. The second-order valence-corrected chi connectivity index (χ2v) is 4.61. The molecule has 0 spiro atoms. The van der Waals surface area contributed by atoms with Crippen LogP contribution in [0.15, 0.2) is 5.38 Å². The topological polar surface area (TPSA) is 33.2 Å². The molecule has 0 unspecified atom stereocenters. The van der Waals surface area contributed by atoms with Crippen LogP contribution in [-0.4, -0.2) is 28.9 Å². The highest BCUT2D eigenvalue weighted by molar-refractivity contribution is 7.09. The molecule has 0 radical (unpaired) electrons. The van der Waals surface area contributed by atoms with Crippen LogP contribution in [-0.2, 0) is 0 Å². The van der Waals surface area contributed by atoms with Crippen LogP contribution in [0.25, 0.3) is 0 Å². The van der Waals surface area contributed by atoms with E-state index >= 15 is 0 Å². The first-order chi connectivity index (χ1) is 7.19. The third-order valence-electron chi connectivity index (χ3n) is 2.11. The normalized spacial score (nSPS) is 10.3. The van der Waals surface area contributed by atoms with Crippen molar-refractivity contribution in [3.8, 4) is 0 Å². The SMILES string of the molecule is CCCN(CCC)C(=O)c1csc(C)n1. The van der Waals surface area contributed by atoms with E-state index < -0.39 is 0 Å². The Morgan fingerprint density at radius 1 is 1.40 bits per heavy atom. The van der Waals surface area contributed by atoms with Crippen molar-refractivity contribution in [2.24, 2.45) is 0 Å². The van der Waals surface area contributed by atoms with Gasteiger partial charge in [0, 0.05) is 18.5 Å². The maximum atomic E-state index is 12.0. The van der Waals surface area contributed by atoms with Crippen molar-refractivity contribution in [1.82, 2.24) is 9.88 Å². The van der Waals surface area contributed by atoms with Gasteiger partial charge in [0.2, 0.25) is 0 Å². The molecule has 0 bridgehead atoms. The summed E-state index contributed by atoms with van der Waals surface area (Å²) in [6.07, 6.45) is 1.99. The Labute approximate surface area is 95.1 Å². The van der Waals surface area contributed by atoms with E-state index in [9.17, 15) is 4.79 Å². The molecule has 0 N–H and O–H groups in total. The van der Waals surface area contributed by atoms with Crippen molar-refractivity contribution in [1.29, 1.82) is 0 Å². The first-order valence-corrected chi connectivity index (χ1v) is 6.28. The summed E-state index contributed by atoms with van der Waals surface area (Å²) < 4.78 is 0. The largest absolute Gasteiger partial charge is 0.337 e. The first kappa shape index (κ1) is 12.2. The van der Waals surface area contributed by atoms with Gasteiger partial charge in [0.25, 0.3) is 5.91 Å². The van der Waals surface area contributed by atoms with Crippen molar-refractivity contribution in [3.63, 3.8) is 0 Å². The fourth-order valence-corrected chi connectivity index (χ4v) is 2.07. The smallest absolute Gasteiger partial charge is 0.273 e. The van der Waals surface area contributed by atoms with Gasteiger partial charge < -0.3 is 4.90 Å². The van der Waals surface area contributed by atoms with Crippen molar-refractivity contribution in [2.45, 2.75) is 33.6 Å². The molecule has 0 fully saturated rings. The molecule has 0 atom stereocenters. The Hall–Kier alpha value is -0.900. The van der Waals surface area contributed by atoms with Crippen molar-refractivity contribution >= 4 is 17.2 Å². The van der Waals surface area contributed by atoms with E-state index in [1.807, 2.05) is 17.2 Å². The minimum Gasteiger partial charge on any atom is -0.337 e. The lowest BCUT2D eigenvalue weighted by Gasteiger charge is -2.20. The molecule has 4 heteroatoms. The first-order valence-electron chi connectivity index (χ1n) is 5.40. The lowest BCUT2D eigenvalue weighted by atomic mass is 10.3. The monoisotopic (exact) mass is 226 g/mol. The zero-order chi connectivity index (χ0) is 11.3. The third kappa shape index (κ3) is 3.30. The molecule has 1 rings (SSSR count). The van der Waals surface area contributed by atoms with Crippen LogP contribution < -0.4 is 0 Å². The zero-order valence-electron chi connectivity index (χ0n) is 9.62. The number of hydrogen-bond acceptors (Lipinski definition) is 3. The summed E-state index contributed by atoms with van der Waals surface area (Å²) in [7, 11) is 0. The Bertz CT molecular complexity index is 316. The van der Waals surface area contributed by atoms with Gasteiger partial charge in [0.1, 0.15) is 5.69 Å². The van der Waals surface area contributed by atoms with Gasteiger partial charge in [-0.15, -0.1) is 11.3 Å². The second-order valence-electron chi connectivity index (χ2n) is 3.54. The summed E-state index contributed by atoms with van der Waals surface area (Å²) in [6, 6.07) is 0. The lowest BCUT2D eigenvalue weighted by molar-refractivity contribution is 0.0750. The number of nitrogens with zero attached hydrogens (tertiary/aromatic N) is 2. The van der Waals surface area contributed by atoms with Gasteiger partial charge in [-0.2, -0.15) is 0 Å². The minimum absolute atomic E-state index is 0.0723. The highest BCUT2D eigenvalue weighted by Gasteiger charge is 2.16. The Balaban J connectivity index is 2.71. The average molecular weight is 226 g/mol. The summed E-state index contributed by atoms with van der Waals surface area (Å²) in [5.74, 6) is 0.0723. The van der Waals surface area contributed by atoms with E-state index in [1.165, 1.54) is 11.3 Å². The molecule has 3 nitrogen and oxygen atoms in total. The molecule has 15 heavy (non-hydrogen) atoms. The van der Waals surface area contributed by atoms with Crippen LogP contribution in [0.4, 0.5) is 0 Å². The highest BCUT2D eigenvalue weighted by atomic mass is 32.1. The standard InChI is InChI=1S/C11H18N2OS/c1-4-6-13(7-5-2)11(14)10-8-15-9(3)12-10/h8H,4-7H2,1-3H3. The van der Waals surface area contributed by atoms with E-state index in [0.29, 0.717) is 5.69 Å². The van der Waals surface area contributed by atoms with Gasteiger partial charge >= 0.3 is 0 Å². The molecular weight excluding hydrogens is 208 g/mol. The molecular formula is C11H18N2OS. The summed E-state index contributed by atoms with van der Waals surface area (Å²) >= 11 is 1.53. The fraction of sp³-hybridized carbons (Fsp3) is 0.636. The summed E-state index contributed by atoms with van der Waals surface area (Å²) in [4.78, 5) is 18.1. The van der Waals surface area contributed by atoms with Gasteiger partial charge in [-0.25, -0.2) is 4.98 Å². The Morgan fingerprint density at radius 2 is 2.00 bits per heavy atom. The van der Waals surface area contributed by atoms with Gasteiger partial charge in [-0.3, -0.25) is 4.79 Å². The zero-order valence-corrected chi connectivity index (χ0v) is 10.4. The quantitative estimate of drug-likeness (QED) is 0.773. The maximum Gasteiger partial charge on any atom is 0.273 e. The number of aryl methyl sites for hydroxylation is 1. The molecule has 1 aromatic heterocycles. The third-order valence-corrected chi connectivity index (χ3v) is 2.89. The number of thiazole rings is 1. The molecule has 0 aliphatic heterocycles. The van der Waals surface area contributed by atoms with E-state index in [0.717, 1.165) is 30.9 Å². The maximum absolute atomic E-state index is 12.0. The Morgan fingerprint density at radius 3 is 2.40 bits per heavy atom. The number of carbonyl (C=O) groups excluding carboxylic acids is 1. The molecule has 1 amide bonds. The van der Waals surface area contributed by atoms with Crippen LogP contribution in [0.5, 0.6) is 0 Å². The summed E-state index contributed by atoms with van der Waals surface area (Å²) in [5, 5.41) is 2.79. The molecule has 0 aliphatic carbocycles. The number of aromatic nitrogens is 1. The predicted octanol–water partition coefficient (Wildman–Crippen LogP) is 2.71. The molecule has 1 heterocycles. The molecule has 84 valence electrons. The number of rotatable bonds is 5. The van der Waals surface area contributed by atoms with E-state index in [-0.39, 0.29) is 5.91 Å². The predicted molar refractivity (Wildman–Crippen MR) is 63.3 cm³/mol. The van der Waals surface area contributed by atoms with Crippen LogP contribution >= 0.6 is 11.3 Å². The number of hydrogen-bond donors (Lipinski definition) is 0. The molecule has 1 aromatic rings. The van der Waals surface area contributed by atoms with E-state index in [1.54, 1.807) is 0 Å². The van der Waals surface area contributed by atoms with Crippen molar-refractivity contribution in [2.75, 3.05) is 13.1 Å². The molecule has 0 aromatic carbocycles. The van der Waals surface area contributed by atoms with E-state index in [4.69, 9.17) is 0 Å². The lowest BCUT2D eigenvalue weighted by Crippen LogP contribution is -2.32. The number of amides is 1.